The monoisotopic (exact) mass is 766 g/mol. The predicted octanol–water partition coefficient (Wildman–Crippen LogP) is 4.42. The Labute approximate surface area is 308 Å². The Bertz CT molecular complexity index is 2170. The van der Waals surface area contributed by atoms with Crippen LogP contribution in [0.1, 0.15) is 40.5 Å². The largest absolute Gasteiger partial charge is 0.525 e. The van der Waals surface area contributed by atoms with Gasteiger partial charge >= 0.3 is 13.5 Å². The van der Waals surface area contributed by atoms with Gasteiger partial charge in [-0.05, 0) is 23.6 Å². The average molecular weight is 767 g/mol. The van der Waals surface area contributed by atoms with E-state index in [0.717, 1.165) is 4.57 Å². The molecule has 4 aromatic carbocycles. The number of aryl methyl sites for hydroxylation is 1. The molecule has 1 fully saturated rings. The van der Waals surface area contributed by atoms with Crippen molar-refractivity contribution in [3.63, 3.8) is 0 Å². The second-order valence-electron chi connectivity index (χ2n) is 12.2. The maximum atomic E-state index is 12.9. The molecule has 1 aliphatic rings. The summed E-state index contributed by atoms with van der Waals surface area (Å²) in [5.41, 5.74) is -1.05. The second-order valence-corrected chi connectivity index (χ2v) is 13.8. The van der Waals surface area contributed by atoms with Crippen molar-refractivity contribution in [1.29, 1.82) is 0 Å². The zero-order valence-corrected chi connectivity index (χ0v) is 30.3. The summed E-state index contributed by atoms with van der Waals surface area (Å²) in [6, 6.07) is 27.2. The van der Waals surface area contributed by atoms with Crippen molar-refractivity contribution >= 4 is 19.4 Å². The molecular weight excluding hydrogens is 731 g/mol. The standard InChI is InChI=1S/C37H36ClN2O12P/c1-22-20-40(35(43)39-34(22)42)27-19-36(44,26(21-41)50-27)51-30-28(29(38)31(48-2)32(49-3)33(30)52-53(45,46)47)37(23-13-7-4-8-14-23,24-15-9-5-10-16-24)25-17-11-6-12-18-25/h4-18,20,26-27,41,44H,19,21H2,1-3H3,(H,39,42,43)(H2,45,46,47)/t26-,27-,36-/m1/s1. The number of rotatable bonds is 12. The molecular formula is C37H36ClN2O12P. The Balaban J connectivity index is 1.75. The van der Waals surface area contributed by atoms with Gasteiger partial charge in [0, 0.05) is 17.3 Å². The summed E-state index contributed by atoms with van der Waals surface area (Å²) in [7, 11) is -2.99. The van der Waals surface area contributed by atoms with Gasteiger partial charge in [-0.2, -0.15) is 0 Å². The number of H-pyrrole nitrogens is 1. The van der Waals surface area contributed by atoms with Gasteiger partial charge in [-0.25, -0.2) is 9.36 Å². The molecule has 0 radical (unpaired) electrons. The minimum atomic E-state index is -5.45. The molecule has 5 N–H and O–H groups in total. The van der Waals surface area contributed by atoms with Gasteiger partial charge in [-0.1, -0.05) is 103 Å². The number of aromatic nitrogens is 2. The van der Waals surface area contributed by atoms with Gasteiger partial charge in [-0.3, -0.25) is 24.1 Å². The van der Waals surface area contributed by atoms with Gasteiger partial charge in [0.05, 0.1) is 37.7 Å². The molecule has 6 rings (SSSR count). The molecule has 0 spiro atoms. The van der Waals surface area contributed by atoms with Gasteiger partial charge < -0.3 is 33.7 Å². The molecule has 278 valence electrons. The number of aliphatic hydroxyl groups is 2. The van der Waals surface area contributed by atoms with Crippen LogP contribution in [0.3, 0.4) is 0 Å². The lowest BCUT2D eigenvalue weighted by molar-refractivity contribution is -0.185. The zero-order chi connectivity index (χ0) is 38.1. The Hall–Kier alpha value is -4.92. The first-order valence-corrected chi connectivity index (χ1v) is 18.1. The van der Waals surface area contributed by atoms with Crippen molar-refractivity contribution in [3.05, 3.63) is 151 Å². The van der Waals surface area contributed by atoms with Crippen LogP contribution in [0.25, 0.3) is 0 Å². The number of aromatic amines is 1. The lowest BCUT2D eigenvalue weighted by atomic mass is 9.64. The van der Waals surface area contributed by atoms with Gasteiger partial charge in [0.15, 0.2) is 11.5 Å². The normalized spacial score (nSPS) is 18.8. The maximum Gasteiger partial charge on any atom is 0.525 e. The number of ether oxygens (including phenoxy) is 4. The first kappa shape index (κ1) is 37.8. The van der Waals surface area contributed by atoms with Crippen LogP contribution in [0, 0.1) is 6.92 Å². The quantitative estimate of drug-likeness (QED) is 0.0682. The molecule has 3 atom stereocenters. The van der Waals surface area contributed by atoms with E-state index in [9.17, 15) is 34.2 Å². The van der Waals surface area contributed by atoms with E-state index in [2.05, 4.69) is 4.98 Å². The van der Waals surface area contributed by atoms with Crippen LogP contribution in [0.5, 0.6) is 23.0 Å². The van der Waals surface area contributed by atoms with Crippen molar-refractivity contribution < 1.29 is 48.0 Å². The van der Waals surface area contributed by atoms with E-state index in [1.807, 2.05) is 54.6 Å². The van der Waals surface area contributed by atoms with Crippen molar-refractivity contribution in [2.45, 2.75) is 36.9 Å². The molecule has 1 saturated heterocycles. The molecule has 0 aliphatic carbocycles. The average Bonchev–Trinajstić information content (AvgIpc) is 3.48. The summed E-state index contributed by atoms with van der Waals surface area (Å²) in [6.45, 7) is 0.617. The van der Waals surface area contributed by atoms with E-state index < -0.39 is 72.9 Å². The highest BCUT2D eigenvalue weighted by molar-refractivity contribution is 7.46. The van der Waals surface area contributed by atoms with E-state index in [-0.39, 0.29) is 21.9 Å². The van der Waals surface area contributed by atoms with Gasteiger partial charge in [-0.15, -0.1) is 0 Å². The summed E-state index contributed by atoms with van der Waals surface area (Å²) in [4.78, 5) is 47.8. The molecule has 5 aromatic rings. The van der Waals surface area contributed by atoms with Crippen LogP contribution in [-0.2, 0) is 14.7 Å². The van der Waals surface area contributed by atoms with E-state index in [4.69, 9.17) is 35.1 Å². The third-order valence-electron chi connectivity index (χ3n) is 9.07. The third kappa shape index (κ3) is 6.86. The van der Waals surface area contributed by atoms with Gasteiger partial charge in [0.1, 0.15) is 12.3 Å². The number of benzene rings is 4. The maximum absolute atomic E-state index is 12.9. The van der Waals surface area contributed by atoms with Crippen molar-refractivity contribution in [3.8, 4) is 23.0 Å². The molecule has 14 nitrogen and oxygen atoms in total. The number of nitrogens with zero attached hydrogens (tertiary/aromatic N) is 1. The van der Waals surface area contributed by atoms with Gasteiger partial charge in [0.25, 0.3) is 5.56 Å². The number of phosphoric acid groups is 1. The first-order valence-electron chi connectivity index (χ1n) is 16.2. The Morgan fingerprint density at radius 1 is 0.887 bits per heavy atom. The van der Waals surface area contributed by atoms with E-state index >= 15 is 0 Å². The number of hydrogen-bond donors (Lipinski definition) is 5. The van der Waals surface area contributed by atoms with Crippen LogP contribution < -0.4 is 30.0 Å². The summed E-state index contributed by atoms with van der Waals surface area (Å²) in [5, 5.41) is 22.8. The van der Waals surface area contributed by atoms with Crippen LogP contribution >= 0.6 is 19.4 Å². The molecule has 0 unspecified atom stereocenters. The number of hydrogen-bond acceptors (Lipinski definition) is 10. The summed E-state index contributed by atoms with van der Waals surface area (Å²) in [5.74, 6) is -4.34. The molecule has 2 heterocycles. The Morgan fingerprint density at radius 3 is 1.85 bits per heavy atom. The topological polar surface area (TPSA) is 199 Å². The van der Waals surface area contributed by atoms with Gasteiger partial charge in [0.2, 0.25) is 17.3 Å². The molecule has 16 heteroatoms. The van der Waals surface area contributed by atoms with Crippen LogP contribution in [-0.4, -0.2) is 62.3 Å². The molecule has 0 saturated carbocycles. The van der Waals surface area contributed by atoms with E-state index in [0.29, 0.717) is 16.7 Å². The van der Waals surface area contributed by atoms with E-state index in [1.165, 1.54) is 27.3 Å². The molecule has 1 aromatic heterocycles. The highest BCUT2D eigenvalue weighted by Gasteiger charge is 2.54. The van der Waals surface area contributed by atoms with E-state index in [1.54, 1.807) is 36.4 Å². The molecule has 1 aliphatic heterocycles. The number of methoxy groups -OCH3 is 2. The third-order valence-corrected chi connectivity index (χ3v) is 9.85. The second kappa shape index (κ2) is 14.8. The fourth-order valence-corrected chi connectivity index (χ4v) is 7.59. The number of nitrogens with one attached hydrogen (secondary N) is 1. The molecule has 53 heavy (non-hydrogen) atoms. The van der Waals surface area contributed by atoms with Crippen LogP contribution in [0.2, 0.25) is 5.02 Å². The minimum absolute atomic E-state index is 0.00511. The van der Waals surface area contributed by atoms with Crippen molar-refractivity contribution in [2.75, 3.05) is 20.8 Å². The fourth-order valence-electron chi connectivity index (χ4n) is 6.79. The van der Waals surface area contributed by atoms with Crippen LogP contribution in [0.4, 0.5) is 0 Å². The summed E-state index contributed by atoms with van der Waals surface area (Å²) < 4.78 is 42.9. The smallest absolute Gasteiger partial charge is 0.491 e. The van der Waals surface area contributed by atoms with Crippen LogP contribution in [0.15, 0.2) is 107 Å². The summed E-state index contributed by atoms with van der Waals surface area (Å²) in [6.07, 6.45) is -2.18. The number of aliphatic hydroxyl groups excluding tert-OH is 1. The molecule has 0 amide bonds. The Morgan fingerprint density at radius 2 is 1.40 bits per heavy atom. The lowest BCUT2D eigenvalue weighted by Gasteiger charge is -2.40. The van der Waals surface area contributed by atoms with Crippen molar-refractivity contribution in [2.24, 2.45) is 0 Å². The predicted molar refractivity (Wildman–Crippen MR) is 193 cm³/mol. The lowest BCUT2D eigenvalue weighted by Crippen LogP contribution is -2.46. The number of phosphoric ester groups is 1. The number of halogens is 1. The zero-order valence-electron chi connectivity index (χ0n) is 28.6. The molecule has 0 bridgehead atoms. The fraction of sp³-hybridized carbons (Fsp3) is 0.243. The first-order chi connectivity index (χ1) is 25.3. The van der Waals surface area contributed by atoms with Crippen molar-refractivity contribution in [1.82, 2.24) is 9.55 Å². The highest BCUT2D eigenvalue weighted by atomic mass is 35.5. The Kier molecular flexibility index (Phi) is 10.6. The SMILES string of the molecule is COc1c(Cl)c(C(c2ccccc2)(c2ccccc2)c2ccccc2)c(O[C@]2(O)C[C@H](n3cc(C)c(=O)[nH]c3=O)O[C@@H]2CO)c(OP(=O)(O)O)c1OC. The minimum Gasteiger partial charge on any atom is -0.491 e. The summed E-state index contributed by atoms with van der Waals surface area (Å²) >= 11 is 7.38. The highest BCUT2D eigenvalue weighted by Crippen LogP contribution is 2.62.